The highest BCUT2D eigenvalue weighted by Gasteiger charge is 2.54. The quantitative estimate of drug-likeness (QED) is 0.0396. The Morgan fingerprint density at radius 1 is 1.28 bits per heavy atom. The number of ether oxygens (including phenoxy) is 1. The summed E-state index contributed by atoms with van der Waals surface area (Å²) in [4.78, 5) is 52.3. The standard InChI is InChI=1S/C13H14N8O8S2.C12H17N3O/c14-13-17-6(3-30-13)9(19-29-2-8(22)23)11(24)18-10-7(1-20-5-15-4-16-20)21(12(10)25)31(26,27)28;1-16-11-4-2-9(3-5-11)12(13)15-10-6-7-14-8-10/h3-5,7,10H,1-2H2,(H2,14,17)(H,18,24)(H,22,23)(H,26,27,28);2-5,10,14H,6-8H2,1H3,(H2,13,15)/b19-9-;. The Bertz CT molecular complexity index is 1720. The van der Waals surface area contributed by atoms with E-state index in [0.717, 1.165) is 42.2 Å². The van der Waals surface area contributed by atoms with Gasteiger partial charge in [-0.15, -0.1) is 11.3 Å². The first-order chi connectivity index (χ1) is 22.4. The molecule has 2 amide bonds. The minimum Gasteiger partial charge on any atom is -0.497 e. The molecule has 1 aromatic carbocycles. The number of hydrogen-bond donors (Lipinski definition) is 6. The van der Waals surface area contributed by atoms with Crippen molar-refractivity contribution in [1.29, 1.82) is 0 Å². The van der Waals surface area contributed by atoms with Crippen molar-refractivity contribution < 1.29 is 42.0 Å². The predicted octanol–water partition coefficient (Wildman–Crippen LogP) is -1.92. The molecule has 0 aliphatic carbocycles. The van der Waals surface area contributed by atoms with Crippen LogP contribution in [0.15, 0.2) is 52.4 Å². The van der Waals surface area contributed by atoms with Crippen LogP contribution in [-0.2, 0) is 36.1 Å². The number of carboxylic acids is 1. The molecule has 0 radical (unpaired) electrons. The molecule has 3 unspecified atom stereocenters. The predicted molar refractivity (Wildman–Crippen MR) is 166 cm³/mol. The second-order valence-electron chi connectivity index (χ2n) is 9.82. The largest absolute Gasteiger partial charge is 0.497 e. The van der Waals surface area contributed by atoms with E-state index >= 15 is 0 Å². The van der Waals surface area contributed by atoms with Crippen LogP contribution in [0.3, 0.4) is 0 Å². The number of carboxylic acid groups (broad SMARTS) is 1. The number of benzene rings is 1. The second kappa shape index (κ2) is 15.4. The number of thiazole rings is 1. The molecule has 2 fully saturated rings. The van der Waals surface area contributed by atoms with E-state index < -0.39 is 52.5 Å². The number of nitrogens with zero attached hydrogens (tertiary/aromatic N) is 7. The molecule has 20 nitrogen and oxygen atoms in total. The van der Waals surface area contributed by atoms with Gasteiger partial charge in [-0.2, -0.15) is 13.5 Å². The Labute approximate surface area is 271 Å². The monoisotopic (exact) mass is 693 g/mol. The molecule has 8 N–H and O–H groups in total. The summed E-state index contributed by atoms with van der Waals surface area (Å²) in [6, 6.07) is 5.35. The lowest BCUT2D eigenvalue weighted by atomic mass is 9.98. The molecule has 2 saturated heterocycles. The number of carbonyl (C=O) groups excluding carboxylic acids is 2. The van der Waals surface area contributed by atoms with Gasteiger partial charge in [-0.05, 0) is 37.2 Å². The van der Waals surface area contributed by atoms with Gasteiger partial charge in [-0.25, -0.2) is 19.1 Å². The van der Waals surface area contributed by atoms with Gasteiger partial charge in [-0.1, -0.05) is 5.16 Å². The van der Waals surface area contributed by atoms with Gasteiger partial charge in [0, 0.05) is 17.5 Å². The van der Waals surface area contributed by atoms with E-state index in [1.165, 1.54) is 22.7 Å². The summed E-state index contributed by atoms with van der Waals surface area (Å²) in [7, 11) is -3.26. The normalized spacial score (nSPS) is 19.7. The summed E-state index contributed by atoms with van der Waals surface area (Å²) in [5.74, 6) is -2.04. The number of aliphatic imine (C=N–C) groups is 1. The van der Waals surface area contributed by atoms with E-state index in [1.807, 2.05) is 24.3 Å². The van der Waals surface area contributed by atoms with Crippen LogP contribution in [0.25, 0.3) is 0 Å². The van der Waals surface area contributed by atoms with Gasteiger partial charge in [0.15, 0.2) is 10.8 Å². The fourth-order valence-electron chi connectivity index (χ4n) is 4.40. The maximum absolute atomic E-state index is 12.7. The number of anilines is 1. The minimum atomic E-state index is -4.91. The van der Waals surface area contributed by atoms with Crippen molar-refractivity contribution in [1.82, 2.24) is 34.7 Å². The van der Waals surface area contributed by atoms with E-state index in [9.17, 15) is 27.4 Å². The summed E-state index contributed by atoms with van der Waals surface area (Å²) in [5.41, 5.74) is 11.9. The highest BCUT2D eigenvalue weighted by molar-refractivity contribution is 7.84. The van der Waals surface area contributed by atoms with Gasteiger partial charge in [0.05, 0.1) is 25.7 Å². The lowest BCUT2D eigenvalue weighted by Crippen LogP contribution is -2.73. The Hall–Kier alpha value is -5.19. The molecule has 47 heavy (non-hydrogen) atoms. The number of β-lactam (4-membered cyclic amide) rings is 1. The molecule has 2 aromatic heterocycles. The smallest absolute Gasteiger partial charge is 0.362 e. The van der Waals surface area contributed by atoms with Crippen molar-refractivity contribution in [3.63, 3.8) is 0 Å². The fourth-order valence-corrected chi connectivity index (χ4v) is 5.82. The van der Waals surface area contributed by atoms with Crippen LogP contribution in [0, 0.1) is 0 Å². The highest BCUT2D eigenvalue weighted by atomic mass is 32.2. The van der Waals surface area contributed by atoms with Gasteiger partial charge in [0.25, 0.3) is 11.8 Å². The molecular weight excluding hydrogens is 662 g/mol. The Morgan fingerprint density at radius 2 is 2.02 bits per heavy atom. The first kappa shape index (κ1) is 34.7. The van der Waals surface area contributed by atoms with Crippen LogP contribution >= 0.6 is 11.3 Å². The number of hydrogen-bond acceptors (Lipinski definition) is 15. The van der Waals surface area contributed by atoms with Crippen molar-refractivity contribution in [2.75, 3.05) is 32.5 Å². The van der Waals surface area contributed by atoms with E-state index in [1.54, 1.807) is 7.11 Å². The van der Waals surface area contributed by atoms with E-state index in [-0.39, 0.29) is 21.7 Å². The molecule has 3 aromatic rings. The van der Waals surface area contributed by atoms with Gasteiger partial charge < -0.3 is 36.8 Å². The highest BCUT2D eigenvalue weighted by Crippen LogP contribution is 2.25. The molecule has 0 bridgehead atoms. The van der Waals surface area contributed by atoms with E-state index in [4.69, 9.17) is 21.3 Å². The number of aromatic nitrogens is 4. The molecule has 3 atom stereocenters. The molecule has 4 heterocycles. The summed E-state index contributed by atoms with van der Waals surface area (Å²) in [6.45, 7) is 0.882. The average Bonchev–Trinajstić information content (AvgIpc) is 3.82. The summed E-state index contributed by atoms with van der Waals surface area (Å²) >= 11 is 0.964. The number of rotatable bonds is 12. The third kappa shape index (κ3) is 9.18. The zero-order chi connectivity index (χ0) is 34.1. The van der Waals surface area contributed by atoms with Gasteiger partial charge in [-0.3, -0.25) is 23.8 Å². The van der Waals surface area contributed by atoms with Gasteiger partial charge in [0.2, 0.25) is 6.61 Å². The van der Waals surface area contributed by atoms with E-state index in [0.29, 0.717) is 11.9 Å². The first-order valence-electron chi connectivity index (χ1n) is 13.6. The number of aliphatic carboxylic acids is 1. The molecular formula is C25H31N11O9S2. The summed E-state index contributed by atoms with van der Waals surface area (Å²) in [5, 5.41) is 22.9. The van der Waals surface area contributed by atoms with Crippen LogP contribution in [0.5, 0.6) is 5.75 Å². The SMILES string of the molecule is COc1ccc(C(N)=NC2CCNC2)cc1.Nc1nc(/C(=N/OCC(=O)O)C(=O)NC2C(=O)N(S(=O)(=O)O)C2Cn2cncn2)cs1. The number of nitrogens with two attached hydrogens (primary N) is 2. The minimum absolute atomic E-state index is 0.0587. The number of nitrogens with one attached hydrogen (secondary N) is 2. The number of oxime groups is 1. The molecule has 2 aliphatic rings. The van der Waals surface area contributed by atoms with Gasteiger partial charge in [0.1, 0.15) is 36.0 Å². The number of nitrogen functional groups attached to an aromatic ring is 1. The Kier molecular flexibility index (Phi) is 11.4. The van der Waals surface area contributed by atoms with Crippen molar-refractivity contribution in [3.8, 4) is 5.75 Å². The first-order valence-corrected chi connectivity index (χ1v) is 15.9. The number of methoxy groups -OCH3 is 1. The third-order valence-corrected chi connectivity index (χ3v) is 8.23. The zero-order valence-electron chi connectivity index (χ0n) is 24.7. The Balaban J connectivity index is 0.000000261. The Morgan fingerprint density at radius 3 is 2.57 bits per heavy atom. The molecule has 2 aliphatic heterocycles. The van der Waals surface area contributed by atoms with Crippen molar-refractivity contribution >= 4 is 56.1 Å². The van der Waals surface area contributed by atoms with Crippen molar-refractivity contribution in [2.45, 2.75) is 31.1 Å². The molecule has 0 spiro atoms. The topological polar surface area (TPSA) is 292 Å². The number of carbonyl (C=O) groups is 3. The van der Waals surface area contributed by atoms with Crippen LogP contribution in [0.1, 0.15) is 17.7 Å². The maximum atomic E-state index is 12.7. The van der Waals surface area contributed by atoms with E-state index in [2.05, 4.69) is 40.7 Å². The van der Waals surface area contributed by atoms with Crippen molar-refractivity contribution in [2.24, 2.45) is 15.9 Å². The molecule has 252 valence electrons. The summed E-state index contributed by atoms with van der Waals surface area (Å²) < 4.78 is 38.9. The molecule has 0 saturated carbocycles. The lowest BCUT2D eigenvalue weighted by molar-refractivity contribution is -0.145. The summed E-state index contributed by atoms with van der Waals surface area (Å²) in [6.07, 6.45) is 3.48. The maximum Gasteiger partial charge on any atom is 0.362 e. The van der Waals surface area contributed by atoms with Crippen molar-refractivity contribution in [3.05, 3.63) is 53.6 Å². The van der Waals surface area contributed by atoms with Crippen LogP contribution in [-0.4, -0.2) is 116 Å². The van der Waals surface area contributed by atoms with Crippen LogP contribution in [0.2, 0.25) is 0 Å². The average molecular weight is 694 g/mol. The third-order valence-electron chi connectivity index (χ3n) is 6.61. The lowest BCUT2D eigenvalue weighted by Gasteiger charge is -2.43. The zero-order valence-corrected chi connectivity index (χ0v) is 26.3. The molecule has 5 rings (SSSR count). The number of amidine groups is 1. The molecule has 22 heteroatoms. The fraction of sp³-hybridized carbons (Fsp3) is 0.360. The number of amides is 2. The van der Waals surface area contributed by atoms with Crippen LogP contribution in [0.4, 0.5) is 5.13 Å². The van der Waals surface area contributed by atoms with Gasteiger partial charge >= 0.3 is 16.3 Å². The van der Waals surface area contributed by atoms with Crippen LogP contribution < -0.4 is 26.8 Å². The second-order valence-corrected chi connectivity index (χ2v) is 12.0.